The molecule has 1 amide bonds. The Labute approximate surface area is 150 Å². The Morgan fingerprint density at radius 3 is 2.50 bits per heavy atom. The molecule has 126 valence electrons. The van der Waals surface area contributed by atoms with Gasteiger partial charge in [-0.2, -0.15) is 0 Å². The predicted molar refractivity (Wildman–Crippen MR) is 96.1 cm³/mol. The molecule has 24 heavy (non-hydrogen) atoms. The fraction of sp³-hybridized carbons (Fsp3) is 0.333. The fourth-order valence-corrected chi connectivity index (χ4v) is 3.17. The first kappa shape index (κ1) is 16.9. The molecule has 3 rings (SSSR count). The Bertz CT molecular complexity index is 698. The molecule has 1 aromatic heterocycles. The van der Waals surface area contributed by atoms with E-state index in [-0.39, 0.29) is 5.91 Å². The number of carbonyl (C=O) groups is 1. The van der Waals surface area contributed by atoms with E-state index in [9.17, 15) is 4.79 Å². The van der Waals surface area contributed by atoms with E-state index in [1.165, 1.54) is 5.56 Å². The molecule has 2 heterocycles. The van der Waals surface area contributed by atoms with E-state index in [0.717, 1.165) is 42.9 Å². The lowest BCUT2D eigenvalue weighted by Crippen LogP contribution is -2.48. The van der Waals surface area contributed by atoms with E-state index in [2.05, 4.69) is 37.9 Å². The van der Waals surface area contributed by atoms with E-state index in [1.807, 2.05) is 23.1 Å². The van der Waals surface area contributed by atoms with Crippen molar-refractivity contribution < 1.29 is 9.53 Å². The van der Waals surface area contributed by atoms with E-state index in [0.29, 0.717) is 5.56 Å². The number of ether oxygens (including phenoxy) is 1. The summed E-state index contributed by atoms with van der Waals surface area (Å²) in [7, 11) is 1.67. The number of nitrogens with zero attached hydrogens (tertiary/aromatic N) is 3. The quantitative estimate of drug-likeness (QED) is 0.806. The van der Waals surface area contributed by atoms with Gasteiger partial charge in [0.25, 0.3) is 5.91 Å². The number of aromatic nitrogens is 1. The van der Waals surface area contributed by atoms with Gasteiger partial charge in [0.05, 0.1) is 12.7 Å². The van der Waals surface area contributed by atoms with Gasteiger partial charge in [-0.05, 0) is 39.7 Å². The van der Waals surface area contributed by atoms with E-state index >= 15 is 0 Å². The number of carbonyl (C=O) groups excluding carboxylic acids is 1. The zero-order valence-electron chi connectivity index (χ0n) is 13.6. The monoisotopic (exact) mass is 389 g/mol. The van der Waals surface area contributed by atoms with Crippen LogP contribution in [0.4, 0.5) is 0 Å². The molecule has 1 aliphatic rings. The number of hydrogen-bond donors (Lipinski definition) is 0. The molecule has 0 saturated carbocycles. The van der Waals surface area contributed by atoms with Crippen LogP contribution in [0.5, 0.6) is 5.75 Å². The Kier molecular flexibility index (Phi) is 5.48. The molecule has 0 unspecified atom stereocenters. The van der Waals surface area contributed by atoms with Gasteiger partial charge in [0.15, 0.2) is 0 Å². The molecular formula is C18H20BrN3O2. The summed E-state index contributed by atoms with van der Waals surface area (Å²) in [5.41, 5.74) is 1.89. The number of halogens is 1. The number of hydrogen-bond acceptors (Lipinski definition) is 4. The first-order valence-electron chi connectivity index (χ1n) is 7.91. The van der Waals surface area contributed by atoms with Crippen LogP contribution in [0.2, 0.25) is 0 Å². The molecule has 6 heteroatoms. The van der Waals surface area contributed by atoms with Crippen LogP contribution in [-0.2, 0) is 6.54 Å². The highest BCUT2D eigenvalue weighted by Gasteiger charge is 2.22. The Morgan fingerprint density at radius 1 is 1.17 bits per heavy atom. The number of rotatable bonds is 4. The smallest absolute Gasteiger partial charge is 0.255 e. The molecule has 0 atom stereocenters. The highest BCUT2D eigenvalue weighted by molar-refractivity contribution is 9.10. The number of amides is 1. The number of piperazine rings is 1. The largest absolute Gasteiger partial charge is 0.497 e. The second-order valence-corrected chi connectivity index (χ2v) is 6.72. The van der Waals surface area contributed by atoms with Crippen LogP contribution in [-0.4, -0.2) is 54.0 Å². The Hall–Kier alpha value is -1.92. The third-order valence-corrected chi connectivity index (χ3v) is 4.61. The van der Waals surface area contributed by atoms with Gasteiger partial charge in [-0.25, -0.2) is 0 Å². The van der Waals surface area contributed by atoms with Gasteiger partial charge in [-0.15, -0.1) is 0 Å². The second-order valence-electron chi connectivity index (χ2n) is 5.81. The summed E-state index contributed by atoms with van der Waals surface area (Å²) in [6.07, 6.45) is 3.31. The van der Waals surface area contributed by atoms with Gasteiger partial charge >= 0.3 is 0 Å². The zero-order valence-corrected chi connectivity index (χ0v) is 15.2. The molecule has 1 fully saturated rings. The highest BCUT2D eigenvalue weighted by atomic mass is 79.9. The van der Waals surface area contributed by atoms with E-state index in [1.54, 1.807) is 19.5 Å². The highest BCUT2D eigenvalue weighted by Crippen LogP contribution is 2.16. The van der Waals surface area contributed by atoms with Crippen molar-refractivity contribution in [2.45, 2.75) is 6.54 Å². The van der Waals surface area contributed by atoms with Gasteiger partial charge in [0.2, 0.25) is 0 Å². The zero-order chi connectivity index (χ0) is 16.9. The molecule has 0 radical (unpaired) electrons. The summed E-state index contributed by atoms with van der Waals surface area (Å²) < 4.78 is 6.01. The molecule has 5 nitrogen and oxygen atoms in total. The van der Waals surface area contributed by atoms with Crippen LogP contribution in [0.15, 0.2) is 47.2 Å². The van der Waals surface area contributed by atoms with Crippen molar-refractivity contribution in [2.75, 3.05) is 33.3 Å². The first-order chi connectivity index (χ1) is 11.7. The Balaban J connectivity index is 1.54. The molecule has 0 aliphatic carbocycles. The van der Waals surface area contributed by atoms with Gasteiger partial charge < -0.3 is 9.64 Å². The van der Waals surface area contributed by atoms with Crippen LogP contribution < -0.4 is 4.74 Å². The summed E-state index contributed by atoms with van der Waals surface area (Å²) in [4.78, 5) is 20.9. The molecule has 0 N–H and O–H groups in total. The summed E-state index contributed by atoms with van der Waals surface area (Å²) >= 11 is 3.36. The minimum Gasteiger partial charge on any atom is -0.497 e. The maximum Gasteiger partial charge on any atom is 0.255 e. The summed E-state index contributed by atoms with van der Waals surface area (Å²) in [5, 5.41) is 0. The molecule has 1 aliphatic heterocycles. The minimum absolute atomic E-state index is 0.0490. The second kappa shape index (κ2) is 7.77. The van der Waals surface area contributed by atoms with Crippen LogP contribution in [0.25, 0.3) is 0 Å². The lowest BCUT2D eigenvalue weighted by molar-refractivity contribution is 0.0628. The van der Waals surface area contributed by atoms with Crippen molar-refractivity contribution in [3.63, 3.8) is 0 Å². The third kappa shape index (κ3) is 4.13. The molecule has 0 spiro atoms. The lowest BCUT2D eigenvalue weighted by atomic mass is 10.1. The number of pyridine rings is 1. The van der Waals surface area contributed by atoms with Crippen molar-refractivity contribution >= 4 is 21.8 Å². The molecule has 1 saturated heterocycles. The third-order valence-electron chi connectivity index (χ3n) is 4.18. The van der Waals surface area contributed by atoms with Crippen LogP contribution in [0.3, 0.4) is 0 Å². The molecule has 1 aromatic carbocycles. The molecule has 0 bridgehead atoms. The summed E-state index contributed by atoms with van der Waals surface area (Å²) in [6.45, 7) is 4.12. The van der Waals surface area contributed by atoms with Gasteiger partial charge in [0, 0.05) is 49.6 Å². The van der Waals surface area contributed by atoms with Gasteiger partial charge in [-0.1, -0.05) is 12.1 Å². The van der Waals surface area contributed by atoms with Crippen LogP contribution >= 0.6 is 15.9 Å². The van der Waals surface area contributed by atoms with Crippen molar-refractivity contribution in [3.05, 3.63) is 58.3 Å². The summed E-state index contributed by atoms with van der Waals surface area (Å²) in [6, 6.07) is 9.96. The number of benzene rings is 1. The van der Waals surface area contributed by atoms with Gasteiger partial charge in [0.1, 0.15) is 5.75 Å². The normalized spacial score (nSPS) is 15.3. The first-order valence-corrected chi connectivity index (χ1v) is 8.70. The summed E-state index contributed by atoms with van der Waals surface area (Å²) in [5.74, 6) is 0.921. The van der Waals surface area contributed by atoms with Crippen molar-refractivity contribution in [1.29, 1.82) is 0 Å². The Morgan fingerprint density at radius 2 is 1.88 bits per heavy atom. The lowest BCUT2D eigenvalue weighted by Gasteiger charge is -2.34. The maximum absolute atomic E-state index is 12.5. The van der Waals surface area contributed by atoms with Gasteiger partial charge in [-0.3, -0.25) is 14.7 Å². The SMILES string of the molecule is COc1ccc(CN2CCN(C(=O)c3cncc(Br)c3)CC2)cc1. The maximum atomic E-state index is 12.5. The van der Waals surface area contributed by atoms with Crippen LogP contribution in [0, 0.1) is 0 Å². The van der Waals surface area contributed by atoms with Crippen molar-refractivity contribution in [2.24, 2.45) is 0 Å². The standard InChI is InChI=1S/C18H20BrN3O2/c1-24-17-4-2-14(3-5-17)13-21-6-8-22(9-7-21)18(23)15-10-16(19)12-20-11-15/h2-5,10-12H,6-9,13H2,1H3. The molecular weight excluding hydrogens is 370 g/mol. The van der Waals surface area contributed by atoms with Crippen molar-refractivity contribution in [1.82, 2.24) is 14.8 Å². The topological polar surface area (TPSA) is 45.7 Å². The predicted octanol–water partition coefficient (Wildman–Crippen LogP) is 2.81. The van der Waals surface area contributed by atoms with E-state index < -0.39 is 0 Å². The van der Waals surface area contributed by atoms with Crippen LogP contribution in [0.1, 0.15) is 15.9 Å². The fourth-order valence-electron chi connectivity index (χ4n) is 2.81. The molecule has 2 aromatic rings. The minimum atomic E-state index is 0.0490. The average Bonchev–Trinajstić information content (AvgIpc) is 2.62. The number of methoxy groups -OCH3 is 1. The van der Waals surface area contributed by atoms with Crippen molar-refractivity contribution in [3.8, 4) is 5.75 Å². The average molecular weight is 390 g/mol. The van der Waals surface area contributed by atoms with E-state index in [4.69, 9.17) is 4.74 Å².